The van der Waals surface area contributed by atoms with E-state index < -0.39 is 49.7 Å². The number of fused-ring (bicyclic) bond motifs is 1. The molecule has 3 aromatic carbocycles. The van der Waals surface area contributed by atoms with Gasteiger partial charge in [0, 0.05) is 25.0 Å². The first-order valence-corrected chi connectivity index (χ1v) is 17.8. The largest absolute Gasteiger partial charge is 0.444 e. The van der Waals surface area contributed by atoms with Gasteiger partial charge in [-0.25, -0.2) is 22.9 Å². The molecule has 2 atom stereocenters. The molecule has 1 aliphatic heterocycles. The van der Waals surface area contributed by atoms with Gasteiger partial charge in [-0.1, -0.05) is 48.5 Å². The molecular weight excluding hydrogens is 645 g/mol. The number of carbonyl (C=O) groups is 2. The van der Waals surface area contributed by atoms with E-state index in [4.69, 9.17) is 8.92 Å². The van der Waals surface area contributed by atoms with Crippen molar-refractivity contribution in [2.75, 3.05) is 19.6 Å². The first-order chi connectivity index (χ1) is 22.2. The van der Waals surface area contributed by atoms with Crippen molar-refractivity contribution in [1.29, 1.82) is 0 Å². The van der Waals surface area contributed by atoms with Crippen LogP contribution in [0.5, 0.6) is 5.75 Å². The predicted octanol–water partition coefficient (Wildman–Crippen LogP) is 3.67. The van der Waals surface area contributed by atoms with Crippen LogP contribution in [0.4, 0.5) is 4.79 Å². The number of ether oxygens (including phenoxy) is 1. The van der Waals surface area contributed by atoms with E-state index in [1.54, 1.807) is 69.3 Å². The maximum atomic E-state index is 14.1. The monoisotopic (exact) mass is 680 g/mol. The van der Waals surface area contributed by atoms with E-state index in [0.717, 1.165) is 5.39 Å². The Labute approximate surface area is 274 Å². The summed E-state index contributed by atoms with van der Waals surface area (Å²) in [5.41, 5.74) is 0.214. The molecule has 1 aromatic heterocycles. The summed E-state index contributed by atoms with van der Waals surface area (Å²) in [7, 11) is -8.41. The Hall–Kier alpha value is -4.37. The number of sulfonamides is 1. The van der Waals surface area contributed by atoms with Crippen LogP contribution in [0.1, 0.15) is 26.3 Å². The van der Waals surface area contributed by atoms with E-state index in [9.17, 15) is 26.4 Å². The van der Waals surface area contributed by atoms with Crippen LogP contribution in [-0.2, 0) is 36.1 Å². The smallest absolute Gasteiger partial charge is 0.410 e. The molecule has 0 bridgehead atoms. The first kappa shape index (κ1) is 34.0. The molecule has 248 valence electrons. The van der Waals surface area contributed by atoms with Crippen molar-refractivity contribution >= 4 is 42.9 Å². The summed E-state index contributed by atoms with van der Waals surface area (Å²) >= 11 is 0. The third kappa shape index (κ3) is 8.51. The molecule has 2 heterocycles. The van der Waals surface area contributed by atoms with Crippen LogP contribution in [0.2, 0.25) is 0 Å². The van der Waals surface area contributed by atoms with Crippen LogP contribution < -0.4 is 14.2 Å². The molecule has 1 fully saturated rings. The number of aromatic nitrogens is 1. The van der Waals surface area contributed by atoms with Crippen LogP contribution in [0.25, 0.3) is 10.9 Å². The van der Waals surface area contributed by atoms with Crippen molar-refractivity contribution in [1.82, 2.24) is 19.9 Å². The Balaban J connectivity index is 1.38. The third-order valence-corrected chi connectivity index (χ3v) is 9.93. The van der Waals surface area contributed by atoms with Crippen LogP contribution >= 0.6 is 0 Å². The van der Waals surface area contributed by atoms with Crippen LogP contribution in [-0.4, -0.2) is 75.9 Å². The van der Waals surface area contributed by atoms with E-state index in [-0.39, 0.29) is 35.2 Å². The van der Waals surface area contributed by atoms with Gasteiger partial charge in [0.2, 0.25) is 10.0 Å². The fourth-order valence-electron chi connectivity index (χ4n) is 5.06. The maximum absolute atomic E-state index is 14.1. The Kier molecular flexibility index (Phi) is 9.96. The minimum atomic E-state index is -4.26. The molecule has 1 aliphatic rings. The SMILES string of the molecule is CC(C)(C)OC(=O)N1CCNCC1C(=O)[C@H](Cc1ccc(OS(=O)(=O)c2ccc3ccccc3n2)cc1)NS(=O)(=O)c1ccccc1. The van der Waals surface area contributed by atoms with Crippen molar-refractivity contribution in [3.05, 3.63) is 96.6 Å². The quantitative estimate of drug-likeness (QED) is 0.237. The molecule has 4 aromatic rings. The van der Waals surface area contributed by atoms with Gasteiger partial charge < -0.3 is 14.2 Å². The van der Waals surface area contributed by atoms with Crippen molar-refractivity contribution < 1.29 is 35.3 Å². The van der Waals surface area contributed by atoms with Gasteiger partial charge in [-0.05, 0) is 75.2 Å². The molecule has 1 unspecified atom stereocenters. The first-order valence-electron chi connectivity index (χ1n) is 14.9. The van der Waals surface area contributed by atoms with Gasteiger partial charge in [-0.2, -0.15) is 8.42 Å². The van der Waals surface area contributed by atoms with Crippen molar-refractivity contribution in [2.45, 2.75) is 54.8 Å². The lowest BCUT2D eigenvalue weighted by Crippen LogP contribution is -2.61. The van der Waals surface area contributed by atoms with Crippen LogP contribution in [0.15, 0.2) is 101 Å². The number of amides is 1. The summed E-state index contributed by atoms with van der Waals surface area (Å²) in [6, 6.07) is 21.3. The van der Waals surface area contributed by atoms with E-state index in [2.05, 4.69) is 15.0 Å². The molecule has 47 heavy (non-hydrogen) atoms. The molecule has 1 saturated heterocycles. The lowest BCUT2D eigenvalue weighted by molar-refractivity contribution is -0.126. The van der Waals surface area contributed by atoms with Gasteiger partial charge in [0.15, 0.2) is 10.8 Å². The van der Waals surface area contributed by atoms with Crippen molar-refractivity contribution in [3.8, 4) is 5.75 Å². The summed E-state index contributed by atoms with van der Waals surface area (Å²) in [5, 5.41) is 3.63. The van der Waals surface area contributed by atoms with Gasteiger partial charge in [-0.3, -0.25) is 9.69 Å². The Morgan fingerprint density at radius 1 is 0.936 bits per heavy atom. The Morgan fingerprint density at radius 2 is 1.62 bits per heavy atom. The zero-order chi connectivity index (χ0) is 33.8. The summed E-state index contributed by atoms with van der Waals surface area (Å²) in [6.45, 7) is 5.89. The second-order valence-electron chi connectivity index (χ2n) is 12.0. The number of ketones is 1. The van der Waals surface area contributed by atoms with Crippen molar-refractivity contribution in [2.24, 2.45) is 0 Å². The number of nitrogens with zero attached hydrogens (tertiary/aromatic N) is 2. The second kappa shape index (κ2) is 13.8. The highest BCUT2D eigenvalue weighted by atomic mass is 32.2. The highest BCUT2D eigenvalue weighted by Gasteiger charge is 2.39. The van der Waals surface area contributed by atoms with Gasteiger partial charge in [0.05, 0.1) is 16.5 Å². The summed E-state index contributed by atoms with van der Waals surface area (Å²) in [6.07, 6.45) is -0.770. The fraction of sp³-hybridized carbons (Fsp3) is 0.303. The Bertz CT molecular complexity index is 1960. The van der Waals surface area contributed by atoms with Gasteiger partial charge in [-0.15, -0.1) is 0 Å². The lowest BCUT2D eigenvalue weighted by atomic mass is 9.97. The number of rotatable bonds is 10. The van der Waals surface area contributed by atoms with E-state index in [1.165, 1.54) is 35.2 Å². The van der Waals surface area contributed by atoms with E-state index in [0.29, 0.717) is 17.6 Å². The molecule has 12 nitrogen and oxygen atoms in total. The third-order valence-electron chi connectivity index (χ3n) is 7.29. The number of Topliss-reactive ketones (excluding diaryl/α,β-unsaturated/α-hetero) is 1. The van der Waals surface area contributed by atoms with Gasteiger partial charge in [0.25, 0.3) is 0 Å². The fourth-order valence-corrected chi connectivity index (χ4v) is 7.18. The number of hydrogen-bond acceptors (Lipinski definition) is 10. The molecule has 0 aliphatic carbocycles. The molecular formula is C33H36N4O8S2. The van der Waals surface area contributed by atoms with Crippen LogP contribution in [0, 0.1) is 0 Å². The molecule has 14 heteroatoms. The summed E-state index contributed by atoms with van der Waals surface area (Å²) in [5.74, 6) is -0.531. The second-order valence-corrected chi connectivity index (χ2v) is 15.2. The summed E-state index contributed by atoms with van der Waals surface area (Å²) < 4.78 is 66.1. The van der Waals surface area contributed by atoms with Crippen molar-refractivity contribution in [3.63, 3.8) is 0 Å². The highest BCUT2D eigenvalue weighted by Crippen LogP contribution is 2.23. The number of nitrogens with one attached hydrogen (secondary N) is 2. The molecule has 5 rings (SSSR count). The minimum absolute atomic E-state index is 0.00373. The van der Waals surface area contributed by atoms with Crippen LogP contribution in [0.3, 0.4) is 0 Å². The maximum Gasteiger partial charge on any atom is 0.410 e. The molecule has 0 spiro atoms. The zero-order valence-electron chi connectivity index (χ0n) is 26.1. The number of piperazine rings is 1. The predicted molar refractivity (Wildman–Crippen MR) is 175 cm³/mol. The molecule has 0 saturated carbocycles. The number of hydrogen-bond donors (Lipinski definition) is 2. The average Bonchev–Trinajstić information content (AvgIpc) is 3.04. The minimum Gasteiger partial charge on any atom is -0.444 e. The number of pyridine rings is 1. The number of carbonyl (C=O) groups excluding carboxylic acids is 2. The normalized spacial score (nSPS) is 16.4. The molecule has 1 amide bonds. The highest BCUT2D eigenvalue weighted by molar-refractivity contribution is 7.89. The summed E-state index contributed by atoms with van der Waals surface area (Å²) in [4.78, 5) is 32.6. The van der Waals surface area contributed by atoms with Gasteiger partial charge in [0.1, 0.15) is 17.4 Å². The lowest BCUT2D eigenvalue weighted by Gasteiger charge is -2.37. The standard InChI is InChI=1S/C33H36N4O8S2/c1-33(2,3)44-32(39)37-20-19-34-22-29(37)31(38)28(36-46(40,41)26-10-5-4-6-11-26)21-23-13-16-25(17-14-23)45-47(42,43)30-18-15-24-9-7-8-12-27(24)35-30/h4-18,28-29,34,36H,19-22H2,1-3H3/t28-,29?/m0/s1. The van der Waals surface area contributed by atoms with E-state index >= 15 is 0 Å². The van der Waals surface area contributed by atoms with E-state index in [1.807, 2.05) is 12.1 Å². The molecule has 0 radical (unpaired) electrons. The number of benzene rings is 3. The van der Waals surface area contributed by atoms with Gasteiger partial charge >= 0.3 is 16.2 Å². The number of para-hydroxylation sites is 1. The Morgan fingerprint density at radius 3 is 2.32 bits per heavy atom. The average molecular weight is 681 g/mol. The topological polar surface area (TPSA) is 161 Å². The zero-order valence-corrected chi connectivity index (χ0v) is 27.8. The molecule has 2 N–H and O–H groups in total.